The van der Waals surface area contributed by atoms with Gasteiger partial charge in [-0.05, 0) is 18.4 Å². The van der Waals surface area contributed by atoms with Crippen LogP contribution in [-0.2, 0) is 38.2 Å². The maximum Gasteiger partial charge on any atom is 0.276 e. The van der Waals surface area contributed by atoms with Gasteiger partial charge in [0.05, 0.1) is 20.3 Å². The minimum atomic E-state index is -0.577. The van der Waals surface area contributed by atoms with Gasteiger partial charge in [0, 0.05) is 45.1 Å². The Labute approximate surface area is 206 Å². The maximum absolute atomic E-state index is 13.4. The first-order chi connectivity index (χ1) is 15.1. The van der Waals surface area contributed by atoms with E-state index in [1.807, 2.05) is 30.3 Å². The number of hydrogen-bond donors (Lipinski definition) is 1. The molecule has 2 aromatic rings. The predicted molar refractivity (Wildman–Crippen MR) is 118 cm³/mol. The van der Waals surface area contributed by atoms with Gasteiger partial charge in [0.15, 0.2) is 17.7 Å². The molecule has 1 aliphatic carbocycles. The summed E-state index contributed by atoms with van der Waals surface area (Å²) in [5.41, 5.74) is 0.493. The van der Waals surface area contributed by atoms with Crippen LogP contribution in [0.15, 0.2) is 41.3 Å². The number of hydrogen-bond acceptors (Lipinski definition) is 5. The van der Waals surface area contributed by atoms with E-state index < -0.39 is 17.6 Å². The molecule has 0 spiro atoms. The third kappa shape index (κ3) is 4.38. The molecule has 1 radical (unpaired) electrons. The number of amides is 2. The van der Waals surface area contributed by atoms with Gasteiger partial charge in [0.2, 0.25) is 5.43 Å². The standard InChI is InChI=1S/C23H25N3O5.CH3.Re/c1-30-21-19-23(29)26-17-9-5-8-15(17)13-31-18(26)12-25(19)11-16(20(21)27)22(28)24-10-14-6-3-2-4-7-14;;/h2-4,6-7,11,15,17-18H,5,8-10,12-13H2,1H3,(H,24,28);1H3;/q;-1;/t15-,17-,18+;;/m0../s1. The Hall–Kier alpha value is -2.47. The summed E-state index contributed by atoms with van der Waals surface area (Å²) < 4.78 is 13.0. The summed E-state index contributed by atoms with van der Waals surface area (Å²) in [7, 11) is 1.35. The number of benzene rings is 1. The molecule has 3 aliphatic rings. The fourth-order valence-corrected chi connectivity index (χ4v) is 5.05. The van der Waals surface area contributed by atoms with Gasteiger partial charge in [-0.15, -0.1) is 0 Å². The molecular formula is C24H28N3O5Re-. The van der Waals surface area contributed by atoms with Crippen molar-refractivity contribution in [3.63, 3.8) is 0 Å². The van der Waals surface area contributed by atoms with E-state index in [1.54, 1.807) is 9.47 Å². The first kappa shape index (κ1) is 25.2. The molecule has 0 unspecified atom stereocenters. The Kier molecular flexibility index (Phi) is 7.78. The van der Waals surface area contributed by atoms with Crippen molar-refractivity contribution in [1.82, 2.24) is 14.8 Å². The molecule has 1 N–H and O–H groups in total. The van der Waals surface area contributed by atoms with Crippen molar-refractivity contribution in [2.45, 2.75) is 44.6 Å². The Morgan fingerprint density at radius 3 is 2.70 bits per heavy atom. The average Bonchev–Trinajstić information content (AvgIpc) is 3.27. The van der Waals surface area contributed by atoms with Crippen molar-refractivity contribution in [1.29, 1.82) is 0 Å². The van der Waals surface area contributed by atoms with Crippen molar-refractivity contribution < 1.29 is 39.5 Å². The Bertz CT molecular complexity index is 1090. The third-order valence-corrected chi connectivity index (χ3v) is 6.56. The first-order valence-electron chi connectivity index (χ1n) is 10.7. The quantitative estimate of drug-likeness (QED) is 0.528. The SMILES string of the molecule is COc1c2n(cc(C(=O)NCc3ccccc3)c1=O)C[C@H]1OC[C@@H]3CCC[C@@H]3N1C2=O.[CH3-].[Re]. The number of ether oxygens (including phenoxy) is 2. The molecule has 3 heterocycles. The molecule has 8 nitrogen and oxygen atoms in total. The fourth-order valence-electron chi connectivity index (χ4n) is 5.05. The zero-order valence-electron chi connectivity index (χ0n) is 18.8. The Morgan fingerprint density at radius 1 is 1.21 bits per heavy atom. The number of fused-ring (bicyclic) bond motifs is 4. The van der Waals surface area contributed by atoms with E-state index in [1.165, 1.54) is 13.3 Å². The molecule has 2 fully saturated rings. The third-order valence-electron chi connectivity index (χ3n) is 6.56. The van der Waals surface area contributed by atoms with Crippen molar-refractivity contribution in [2.75, 3.05) is 13.7 Å². The van der Waals surface area contributed by atoms with Gasteiger partial charge in [-0.2, -0.15) is 0 Å². The van der Waals surface area contributed by atoms with Gasteiger partial charge >= 0.3 is 0 Å². The van der Waals surface area contributed by atoms with Gasteiger partial charge < -0.3 is 31.7 Å². The topological polar surface area (TPSA) is 89.9 Å². The summed E-state index contributed by atoms with van der Waals surface area (Å²) in [4.78, 5) is 41.1. The van der Waals surface area contributed by atoms with Crippen LogP contribution in [0.2, 0.25) is 0 Å². The Balaban J connectivity index is 0.00000153. The van der Waals surface area contributed by atoms with E-state index in [4.69, 9.17) is 9.47 Å². The van der Waals surface area contributed by atoms with Crippen molar-refractivity contribution in [3.8, 4) is 5.75 Å². The maximum atomic E-state index is 13.4. The smallest absolute Gasteiger partial charge is 0.276 e. The molecule has 1 aromatic heterocycles. The fraction of sp³-hybridized carbons (Fsp3) is 0.417. The molecule has 2 aliphatic heterocycles. The van der Waals surface area contributed by atoms with Gasteiger partial charge in [0.1, 0.15) is 5.56 Å². The molecule has 2 amide bonds. The minimum Gasteiger partial charge on any atom is -0.491 e. The van der Waals surface area contributed by atoms with Crippen molar-refractivity contribution >= 4 is 11.8 Å². The molecule has 33 heavy (non-hydrogen) atoms. The number of nitrogens with zero attached hydrogens (tertiary/aromatic N) is 2. The summed E-state index contributed by atoms with van der Waals surface area (Å²) in [5, 5.41) is 2.78. The van der Waals surface area contributed by atoms with Crippen LogP contribution >= 0.6 is 0 Å². The molecule has 0 bridgehead atoms. The van der Waals surface area contributed by atoms with Crippen LogP contribution in [0.3, 0.4) is 0 Å². The first-order valence-corrected chi connectivity index (χ1v) is 10.7. The van der Waals surface area contributed by atoms with Crippen molar-refractivity contribution in [3.05, 3.63) is 71.0 Å². The number of pyridine rings is 1. The molecule has 1 saturated carbocycles. The van der Waals surface area contributed by atoms with Gasteiger partial charge in [-0.1, -0.05) is 36.8 Å². The van der Waals surface area contributed by atoms with Crippen LogP contribution in [0.1, 0.15) is 45.7 Å². The second kappa shape index (κ2) is 10.2. The van der Waals surface area contributed by atoms with Crippen LogP contribution in [0, 0.1) is 13.3 Å². The van der Waals surface area contributed by atoms with E-state index in [0.717, 1.165) is 24.8 Å². The van der Waals surface area contributed by atoms with E-state index >= 15 is 0 Å². The molecule has 5 rings (SSSR count). The second-order valence-electron chi connectivity index (χ2n) is 8.33. The number of carbonyl (C=O) groups is 2. The molecule has 177 valence electrons. The monoisotopic (exact) mass is 625 g/mol. The van der Waals surface area contributed by atoms with Crippen molar-refractivity contribution in [2.24, 2.45) is 5.92 Å². The number of nitrogens with one attached hydrogen (secondary N) is 1. The van der Waals surface area contributed by atoms with Crippen LogP contribution in [0.25, 0.3) is 0 Å². The summed E-state index contributed by atoms with van der Waals surface area (Å²) in [6.45, 7) is 1.29. The molecule has 1 aromatic carbocycles. The minimum absolute atomic E-state index is 0. The summed E-state index contributed by atoms with van der Waals surface area (Å²) in [6.07, 6.45) is 4.13. The van der Waals surface area contributed by atoms with E-state index in [2.05, 4.69) is 5.32 Å². The largest absolute Gasteiger partial charge is 0.491 e. The summed E-state index contributed by atoms with van der Waals surface area (Å²) in [6, 6.07) is 9.58. The van der Waals surface area contributed by atoms with Crippen LogP contribution in [-0.4, -0.2) is 47.3 Å². The number of aromatic nitrogens is 1. The zero-order chi connectivity index (χ0) is 21.5. The zero-order valence-corrected chi connectivity index (χ0v) is 21.5. The van der Waals surface area contributed by atoms with Crippen LogP contribution in [0.5, 0.6) is 5.75 Å². The van der Waals surface area contributed by atoms with E-state index in [0.29, 0.717) is 25.6 Å². The number of carbonyl (C=O) groups excluding carboxylic acids is 2. The van der Waals surface area contributed by atoms with E-state index in [9.17, 15) is 14.4 Å². The molecule has 1 saturated heterocycles. The average molecular weight is 625 g/mol. The van der Waals surface area contributed by atoms with Gasteiger partial charge in [0.25, 0.3) is 11.8 Å². The number of rotatable bonds is 4. The van der Waals surface area contributed by atoms with E-state index in [-0.39, 0.29) is 56.8 Å². The second-order valence-corrected chi connectivity index (χ2v) is 8.33. The summed E-state index contributed by atoms with van der Waals surface area (Å²) in [5.74, 6) is -0.515. The van der Waals surface area contributed by atoms with Gasteiger partial charge in [-0.25, -0.2) is 0 Å². The van der Waals surface area contributed by atoms with Gasteiger partial charge in [-0.3, -0.25) is 14.4 Å². The van der Waals surface area contributed by atoms with Crippen LogP contribution < -0.4 is 15.5 Å². The predicted octanol–water partition coefficient (Wildman–Crippen LogP) is 2.22. The summed E-state index contributed by atoms with van der Waals surface area (Å²) >= 11 is 0. The Morgan fingerprint density at radius 2 is 1.97 bits per heavy atom. The normalized spacial score (nSPS) is 22.8. The molecule has 3 atom stereocenters. The molecule has 9 heteroatoms. The number of methoxy groups -OCH3 is 1. The van der Waals surface area contributed by atoms with Crippen LogP contribution in [0.4, 0.5) is 0 Å². The molecular weight excluding hydrogens is 596 g/mol.